The van der Waals surface area contributed by atoms with Gasteiger partial charge in [-0.05, 0) is 43.7 Å². The van der Waals surface area contributed by atoms with Crippen LogP contribution >= 0.6 is 0 Å². The molecule has 0 aliphatic carbocycles. The number of carbonyl (C=O) groups excluding carboxylic acids is 1. The number of nitrogens with zero attached hydrogens (tertiary/aromatic N) is 2. The number of nitriles is 1. The van der Waals surface area contributed by atoms with Gasteiger partial charge in [-0.25, -0.2) is 0 Å². The number of benzene rings is 2. The van der Waals surface area contributed by atoms with E-state index < -0.39 is 0 Å². The maximum absolute atomic E-state index is 12.6. The summed E-state index contributed by atoms with van der Waals surface area (Å²) in [5.41, 5.74) is 4.36. The zero-order chi connectivity index (χ0) is 18.5. The van der Waals surface area contributed by atoms with Gasteiger partial charge in [-0.15, -0.1) is 0 Å². The number of aromatic nitrogens is 1. The molecule has 3 rings (SSSR count). The fourth-order valence-electron chi connectivity index (χ4n) is 2.97. The first kappa shape index (κ1) is 17.5. The Morgan fingerprint density at radius 3 is 2.58 bits per heavy atom. The number of aryl methyl sites for hydroxylation is 1. The number of ketones is 1. The molecule has 4 nitrogen and oxygen atoms in total. The Hall–Kier alpha value is -3.32. The Bertz CT molecular complexity index is 966. The predicted molar refractivity (Wildman–Crippen MR) is 100 cm³/mol. The van der Waals surface area contributed by atoms with Gasteiger partial charge in [0.1, 0.15) is 5.75 Å². The number of carbonyl (C=O) groups is 1. The quantitative estimate of drug-likeness (QED) is 0.627. The minimum Gasteiger partial charge on any atom is -0.485 e. The number of hydrogen-bond acceptors (Lipinski definition) is 3. The summed E-state index contributed by atoms with van der Waals surface area (Å²) < 4.78 is 7.71. The van der Waals surface area contributed by atoms with Crippen molar-refractivity contribution in [1.29, 1.82) is 5.26 Å². The Labute approximate surface area is 153 Å². The number of hydrogen-bond donors (Lipinski definition) is 0. The van der Waals surface area contributed by atoms with E-state index in [9.17, 15) is 4.79 Å². The van der Waals surface area contributed by atoms with Gasteiger partial charge in [0, 0.05) is 23.5 Å². The molecule has 0 saturated carbocycles. The fraction of sp³-hybridized carbons (Fsp3) is 0.182. The largest absolute Gasteiger partial charge is 0.485 e. The van der Waals surface area contributed by atoms with Gasteiger partial charge in [0.05, 0.1) is 11.6 Å². The molecule has 0 bridgehead atoms. The van der Waals surface area contributed by atoms with Crippen molar-refractivity contribution in [3.63, 3.8) is 0 Å². The van der Waals surface area contributed by atoms with E-state index in [2.05, 4.69) is 22.8 Å². The average molecular weight is 344 g/mol. The van der Waals surface area contributed by atoms with Crippen LogP contribution in [0, 0.1) is 25.2 Å². The lowest BCUT2D eigenvalue weighted by molar-refractivity contribution is 0.0921. The normalized spacial score (nSPS) is 10.3. The maximum atomic E-state index is 12.6. The predicted octanol–water partition coefficient (Wildman–Crippen LogP) is 4.29. The van der Waals surface area contributed by atoms with Gasteiger partial charge >= 0.3 is 0 Å². The molecule has 130 valence electrons. The van der Waals surface area contributed by atoms with E-state index in [0.717, 1.165) is 17.9 Å². The number of ether oxygens (including phenoxy) is 1. The molecule has 0 unspecified atom stereocenters. The van der Waals surface area contributed by atoms with E-state index >= 15 is 0 Å². The molecule has 4 heteroatoms. The molecule has 0 saturated heterocycles. The maximum Gasteiger partial charge on any atom is 0.202 e. The van der Waals surface area contributed by atoms with Crippen molar-refractivity contribution >= 4 is 5.78 Å². The third kappa shape index (κ3) is 3.84. The molecule has 0 amide bonds. The van der Waals surface area contributed by atoms with Gasteiger partial charge in [0.25, 0.3) is 0 Å². The van der Waals surface area contributed by atoms with Crippen molar-refractivity contribution in [1.82, 2.24) is 4.57 Å². The number of Topliss-reactive ketones (excluding diaryl/α,β-unsaturated/α-hetero) is 1. The molecular weight excluding hydrogens is 324 g/mol. The molecule has 0 N–H and O–H groups in total. The second-order valence-electron chi connectivity index (χ2n) is 6.21. The minimum absolute atomic E-state index is 0.0511. The third-order valence-electron chi connectivity index (χ3n) is 4.39. The van der Waals surface area contributed by atoms with Crippen molar-refractivity contribution in [2.45, 2.75) is 20.4 Å². The summed E-state index contributed by atoms with van der Waals surface area (Å²) >= 11 is 0. The van der Waals surface area contributed by atoms with E-state index in [-0.39, 0.29) is 12.4 Å². The topological polar surface area (TPSA) is 55.0 Å². The van der Waals surface area contributed by atoms with Crippen LogP contribution < -0.4 is 4.74 Å². The summed E-state index contributed by atoms with van der Waals surface area (Å²) in [6, 6.07) is 21.0. The van der Waals surface area contributed by atoms with Gasteiger partial charge in [-0.1, -0.05) is 36.4 Å². The second-order valence-corrected chi connectivity index (χ2v) is 6.21. The van der Waals surface area contributed by atoms with E-state index in [1.54, 1.807) is 24.3 Å². The molecular formula is C22H20N2O2. The van der Waals surface area contributed by atoms with E-state index in [1.165, 1.54) is 5.56 Å². The van der Waals surface area contributed by atoms with Crippen LogP contribution in [0.4, 0.5) is 0 Å². The summed E-state index contributed by atoms with van der Waals surface area (Å²) in [6.07, 6.45) is 0. The molecule has 0 aliphatic heterocycles. The van der Waals surface area contributed by atoms with Crippen LogP contribution in [-0.2, 0) is 6.54 Å². The Kier molecular flexibility index (Phi) is 5.19. The summed E-state index contributed by atoms with van der Waals surface area (Å²) in [4.78, 5) is 12.6. The highest BCUT2D eigenvalue weighted by Crippen LogP contribution is 2.19. The Morgan fingerprint density at radius 2 is 1.85 bits per heavy atom. The summed E-state index contributed by atoms with van der Waals surface area (Å²) in [5.74, 6) is 0.454. The van der Waals surface area contributed by atoms with Gasteiger partial charge in [-0.2, -0.15) is 5.26 Å². The standard InChI is InChI=1S/C22H20N2O2/c1-16-11-21(17(2)24(16)14-18-7-4-3-5-8-18)22(25)15-26-20-10-6-9-19(12-20)13-23/h3-12H,14-15H2,1-2H3. The SMILES string of the molecule is Cc1cc(C(=O)COc2cccc(C#N)c2)c(C)n1Cc1ccccc1. The van der Waals surface area contributed by atoms with E-state index in [4.69, 9.17) is 10.00 Å². The van der Waals surface area contributed by atoms with Crippen LogP contribution in [0.3, 0.4) is 0 Å². The lowest BCUT2D eigenvalue weighted by atomic mass is 10.1. The summed E-state index contributed by atoms with van der Waals surface area (Å²) in [7, 11) is 0. The van der Waals surface area contributed by atoms with E-state index in [1.807, 2.05) is 38.1 Å². The highest BCUT2D eigenvalue weighted by atomic mass is 16.5. The lowest BCUT2D eigenvalue weighted by Crippen LogP contribution is -2.13. The van der Waals surface area contributed by atoms with Crippen molar-refractivity contribution in [3.05, 3.63) is 88.7 Å². The van der Waals surface area contributed by atoms with Crippen molar-refractivity contribution in [2.24, 2.45) is 0 Å². The first-order valence-corrected chi connectivity index (χ1v) is 8.45. The van der Waals surface area contributed by atoms with Crippen molar-refractivity contribution in [3.8, 4) is 11.8 Å². The van der Waals surface area contributed by atoms with Crippen molar-refractivity contribution in [2.75, 3.05) is 6.61 Å². The minimum atomic E-state index is -0.0697. The molecule has 0 aliphatic rings. The highest BCUT2D eigenvalue weighted by Gasteiger charge is 2.16. The molecule has 0 radical (unpaired) electrons. The zero-order valence-electron chi connectivity index (χ0n) is 14.9. The highest BCUT2D eigenvalue weighted by molar-refractivity contribution is 5.98. The smallest absolute Gasteiger partial charge is 0.202 e. The molecule has 1 aromatic heterocycles. The van der Waals surface area contributed by atoms with Crippen LogP contribution in [0.25, 0.3) is 0 Å². The number of rotatable bonds is 6. The van der Waals surface area contributed by atoms with Gasteiger partial charge in [0.15, 0.2) is 6.61 Å². The first-order chi connectivity index (χ1) is 12.6. The molecule has 0 atom stereocenters. The van der Waals surface area contributed by atoms with Gasteiger partial charge in [0.2, 0.25) is 5.78 Å². The molecule has 1 heterocycles. The van der Waals surface area contributed by atoms with Crippen LogP contribution in [0.2, 0.25) is 0 Å². The molecule has 0 spiro atoms. The van der Waals surface area contributed by atoms with Crippen molar-refractivity contribution < 1.29 is 9.53 Å². The Balaban J connectivity index is 1.73. The summed E-state index contributed by atoms with van der Waals surface area (Å²) in [5, 5.41) is 8.93. The average Bonchev–Trinajstić information content (AvgIpc) is 2.95. The summed E-state index contributed by atoms with van der Waals surface area (Å²) in [6.45, 7) is 4.64. The van der Waals surface area contributed by atoms with Crippen LogP contribution in [-0.4, -0.2) is 17.0 Å². The zero-order valence-corrected chi connectivity index (χ0v) is 14.9. The molecule has 0 fully saturated rings. The van der Waals surface area contributed by atoms with Crippen LogP contribution in [0.5, 0.6) is 5.75 Å². The van der Waals surface area contributed by atoms with Crippen LogP contribution in [0.15, 0.2) is 60.7 Å². The molecule has 3 aromatic rings. The van der Waals surface area contributed by atoms with Gasteiger partial charge < -0.3 is 9.30 Å². The van der Waals surface area contributed by atoms with Gasteiger partial charge in [-0.3, -0.25) is 4.79 Å². The van der Waals surface area contributed by atoms with Crippen LogP contribution in [0.1, 0.15) is 32.9 Å². The van der Waals surface area contributed by atoms with E-state index in [0.29, 0.717) is 16.9 Å². The fourth-order valence-corrected chi connectivity index (χ4v) is 2.97. The molecule has 26 heavy (non-hydrogen) atoms. The lowest BCUT2D eigenvalue weighted by Gasteiger charge is -2.10. The monoisotopic (exact) mass is 344 g/mol. The Morgan fingerprint density at radius 1 is 1.08 bits per heavy atom. The molecule has 2 aromatic carbocycles. The second kappa shape index (κ2) is 7.71. The third-order valence-corrected chi connectivity index (χ3v) is 4.39. The first-order valence-electron chi connectivity index (χ1n) is 8.45.